The molecule has 0 bridgehead atoms. The van der Waals surface area contributed by atoms with E-state index in [1.165, 1.54) is 19.3 Å². The highest BCUT2D eigenvalue weighted by molar-refractivity contribution is 6.04. The number of methoxy groups -OCH3 is 1. The lowest BCUT2D eigenvalue weighted by atomic mass is 9.68. The second kappa shape index (κ2) is 6.85. The standard InChI is InChI=1S/C23H22FN3O2/c1-22(2)13-23(29-3,8-17(9-25)21(22)28)20-19(7-18(24)12-27-20)16-6-15(10-26-11-16)14-4-5-14/h6-8,10-12,14H,4-5,13H2,1-3H3. The van der Waals surface area contributed by atoms with Crippen molar-refractivity contribution in [1.29, 1.82) is 5.26 Å². The van der Waals surface area contributed by atoms with Gasteiger partial charge in [0, 0.05) is 36.0 Å². The lowest BCUT2D eigenvalue weighted by Gasteiger charge is -2.40. The number of carbonyl (C=O) groups is 1. The van der Waals surface area contributed by atoms with Crippen LogP contribution in [-0.2, 0) is 15.1 Å². The van der Waals surface area contributed by atoms with E-state index in [9.17, 15) is 14.4 Å². The van der Waals surface area contributed by atoms with Crippen molar-refractivity contribution in [2.75, 3.05) is 7.11 Å². The Morgan fingerprint density at radius 2 is 2.00 bits per heavy atom. The molecule has 148 valence electrons. The second-order valence-corrected chi connectivity index (χ2v) is 8.48. The predicted molar refractivity (Wildman–Crippen MR) is 105 cm³/mol. The summed E-state index contributed by atoms with van der Waals surface area (Å²) in [5.74, 6) is -0.198. The Hall–Kier alpha value is -2.91. The molecule has 2 aromatic heterocycles. The second-order valence-electron chi connectivity index (χ2n) is 8.48. The number of hydrogen-bond donors (Lipinski definition) is 0. The molecule has 1 atom stereocenters. The third-order valence-electron chi connectivity index (χ3n) is 5.80. The number of Topliss-reactive ketones (excluding diaryl/α,β-unsaturated/α-hetero) is 1. The Morgan fingerprint density at radius 1 is 1.24 bits per heavy atom. The number of allylic oxidation sites excluding steroid dienone is 1. The van der Waals surface area contributed by atoms with Gasteiger partial charge in [0.25, 0.3) is 0 Å². The van der Waals surface area contributed by atoms with E-state index in [1.807, 2.05) is 18.3 Å². The van der Waals surface area contributed by atoms with E-state index < -0.39 is 16.8 Å². The molecule has 0 saturated heterocycles. The number of halogens is 1. The van der Waals surface area contributed by atoms with Crippen LogP contribution in [0.15, 0.2) is 42.4 Å². The topological polar surface area (TPSA) is 75.9 Å². The molecule has 0 radical (unpaired) electrons. The summed E-state index contributed by atoms with van der Waals surface area (Å²) in [6.07, 6.45) is 8.75. The summed E-state index contributed by atoms with van der Waals surface area (Å²) in [6, 6.07) is 5.42. The molecule has 0 aromatic carbocycles. The molecule has 1 unspecified atom stereocenters. The summed E-state index contributed by atoms with van der Waals surface area (Å²) in [7, 11) is 1.52. The van der Waals surface area contributed by atoms with Crippen LogP contribution >= 0.6 is 0 Å². The van der Waals surface area contributed by atoms with Crippen LogP contribution in [0.4, 0.5) is 4.39 Å². The zero-order chi connectivity index (χ0) is 20.8. The van der Waals surface area contributed by atoms with E-state index in [2.05, 4.69) is 9.97 Å². The molecule has 29 heavy (non-hydrogen) atoms. The molecule has 2 aliphatic rings. The number of ketones is 1. The maximum Gasteiger partial charge on any atom is 0.178 e. The van der Waals surface area contributed by atoms with Crippen molar-refractivity contribution in [3.63, 3.8) is 0 Å². The van der Waals surface area contributed by atoms with E-state index in [0.717, 1.165) is 30.2 Å². The van der Waals surface area contributed by atoms with Crippen LogP contribution in [-0.4, -0.2) is 22.9 Å². The summed E-state index contributed by atoms with van der Waals surface area (Å²) in [5, 5.41) is 9.52. The minimum Gasteiger partial charge on any atom is -0.368 e. The molecule has 5 nitrogen and oxygen atoms in total. The lowest BCUT2D eigenvalue weighted by Crippen LogP contribution is -2.43. The Bertz CT molecular complexity index is 1070. The van der Waals surface area contributed by atoms with Gasteiger partial charge in [-0.15, -0.1) is 0 Å². The van der Waals surface area contributed by atoms with Crippen LogP contribution in [0.2, 0.25) is 0 Å². The number of nitriles is 1. The molecular formula is C23H22FN3O2. The van der Waals surface area contributed by atoms with Gasteiger partial charge in [-0.2, -0.15) is 5.26 Å². The number of pyridine rings is 2. The first-order valence-electron chi connectivity index (χ1n) is 9.64. The molecule has 2 heterocycles. The average Bonchev–Trinajstić information content (AvgIpc) is 3.55. The van der Waals surface area contributed by atoms with Crippen molar-refractivity contribution >= 4 is 5.78 Å². The molecular weight excluding hydrogens is 369 g/mol. The van der Waals surface area contributed by atoms with Crippen molar-refractivity contribution < 1.29 is 13.9 Å². The van der Waals surface area contributed by atoms with Crippen LogP contribution in [0.5, 0.6) is 0 Å². The van der Waals surface area contributed by atoms with E-state index in [1.54, 1.807) is 20.0 Å². The van der Waals surface area contributed by atoms with Gasteiger partial charge in [0.2, 0.25) is 0 Å². The number of hydrogen-bond acceptors (Lipinski definition) is 5. The van der Waals surface area contributed by atoms with Gasteiger partial charge in [0.1, 0.15) is 17.5 Å². The summed E-state index contributed by atoms with van der Waals surface area (Å²) in [4.78, 5) is 21.3. The smallest absolute Gasteiger partial charge is 0.178 e. The van der Waals surface area contributed by atoms with Crippen molar-refractivity contribution in [3.05, 3.63) is 59.4 Å². The van der Waals surface area contributed by atoms with Crippen LogP contribution in [0, 0.1) is 22.6 Å². The minimum absolute atomic E-state index is 0.0324. The van der Waals surface area contributed by atoms with Crippen LogP contribution in [0.3, 0.4) is 0 Å². The summed E-state index contributed by atoms with van der Waals surface area (Å²) in [5.41, 5.74) is 0.985. The normalized spacial score (nSPS) is 23.4. The predicted octanol–water partition coefficient (Wildman–Crippen LogP) is 4.45. The van der Waals surface area contributed by atoms with Gasteiger partial charge in [0.15, 0.2) is 5.78 Å². The first-order chi connectivity index (χ1) is 13.8. The van der Waals surface area contributed by atoms with Crippen LogP contribution in [0.1, 0.15) is 50.3 Å². The molecule has 0 amide bonds. The molecule has 2 aromatic rings. The minimum atomic E-state index is -1.12. The maximum absolute atomic E-state index is 14.2. The molecule has 2 aliphatic carbocycles. The summed E-state index contributed by atoms with van der Waals surface area (Å²) < 4.78 is 20.1. The quantitative estimate of drug-likeness (QED) is 0.770. The van der Waals surface area contributed by atoms with Gasteiger partial charge in [-0.05, 0) is 49.0 Å². The van der Waals surface area contributed by atoms with Crippen LogP contribution < -0.4 is 0 Å². The van der Waals surface area contributed by atoms with Crippen molar-refractivity contribution in [2.24, 2.45) is 5.41 Å². The summed E-state index contributed by atoms with van der Waals surface area (Å²) >= 11 is 0. The molecule has 6 heteroatoms. The van der Waals surface area contributed by atoms with Crippen molar-refractivity contribution in [1.82, 2.24) is 9.97 Å². The fraction of sp³-hybridized carbons (Fsp3) is 0.391. The van der Waals surface area contributed by atoms with Gasteiger partial charge in [-0.1, -0.05) is 13.8 Å². The molecule has 1 fully saturated rings. The molecule has 0 spiro atoms. The zero-order valence-corrected chi connectivity index (χ0v) is 16.7. The highest BCUT2D eigenvalue weighted by atomic mass is 19.1. The van der Waals surface area contributed by atoms with E-state index >= 15 is 0 Å². The van der Waals surface area contributed by atoms with Crippen molar-refractivity contribution in [3.8, 4) is 17.2 Å². The molecule has 0 aliphatic heterocycles. The van der Waals surface area contributed by atoms with Gasteiger partial charge < -0.3 is 4.74 Å². The summed E-state index contributed by atoms with van der Waals surface area (Å²) in [6.45, 7) is 3.57. The molecule has 4 rings (SSSR count). The number of ether oxygens (including phenoxy) is 1. The SMILES string of the molecule is COC1(c2ncc(F)cc2-c2cncc(C3CC3)c2)C=C(C#N)C(=O)C(C)(C)C1. The third-order valence-corrected chi connectivity index (χ3v) is 5.80. The third kappa shape index (κ3) is 3.36. The first kappa shape index (κ1) is 19.4. The maximum atomic E-state index is 14.2. The number of carbonyl (C=O) groups excluding carboxylic acids is 1. The van der Waals surface area contributed by atoms with E-state index in [4.69, 9.17) is 4.74 Å². The van der Waals surface area contributed by atoms with Gasteiger partial charge in [0.05, 0.1) is 17.5 Å². The highest BCUT2D eigenvalue weighted by Gasteiger charge is 2.48. The first-order valence-corrected chi connectivity index (χ1v) is 9.64. The number of nitrogens with zero attached hydrogens (tertiary/aromatic N) is 3. The van der Waals surface area contributed by atoms with Crippen molar-refractivity contribution in [2.45, 2.75) is 44.6 Å². The lowest BCUT2D eigenvalue weighted by molar-refractivity contribution is -0.128. The largest absolute Gasteiger partial charge is 0.368 e. The average molecular weight is 391 g/mol. The van der Waals surface area contributed by atoms with Crippen LogP contribution in [0.25, 0.3) is 11.1 Å². The fourth-order valence-corrected chi connectivity index (χ4v) is 4.16. The van der Waals surface area contributed by atoms with Gasteiger partial charge >= 0.3 is 0 Å². The monoisotopic (exact) mass is 391 g/mol. The number of rotatable bonds is 4. The Morgan fingerprint density at radius 3 is 2.66 bits per heavy atom. The fourth-order valence-electron chi connectivity index (χ4n) is 4.16. The van der Waals surface area contributed by atoms with E-state index in [-0.39, 0.29) is 11.4 Å². The van der Waals surface area contributed by atoms with Gasteiger partial charge in [-0.25, -0.2) is 4.39 Å². The highest BCUT2D eigenvalue weighted by Crippen LogP contribution is 2.47. The molecule has 0 N–H and O–H groups in total. The molecule has 1 saturated carbocycles. The Labute approximate surface area is 169 Å². The zero-order valence-electron chi connectivity index (χ0n) is 16.7. The Balaban J connectivity index is 1.93. The van der Waals surface area contributed by atoms with E-state index in [0.29, 0.717) is 23.6 Å². The van der Waals surface area contributed by atoms with Gasteiger partial charge in [-0.3, -0.25) is 14.8 Å². The number of aromatic nitrogens is 2. The Kier molecular flexibility index (Phi) is 4.59.